The second-order valence-corrected chi connectivity index (χ2v) is 10.6. The van der Waals surface area contributed by atoms with Crippen molar-refractivity contribution in [2.24, 2.45) is 0 Å². The van der Waals surface area contributed by atoms with Crippen molar-refractivity contribution in [3.05, 3.63) is 62.7 Å². The number of anilines is 1. The highest BCUT2D eigenvalue weighted by Gasteiger charge is 2.46. The molecule has 0 bridgehead atoms. The van der Waals surface area contributed by atoms with Gasteiger partial charge in [-0.05, 0) is 82.1 Å². The molecule has 0 aliphatic carbocycles. The number of nitrogens with zero attached hydrogens (tertiary/aromatic N) is 3. The highest BCUT2D eigenvalue weighted by atomic mass is 15.2. The summed E-state index contributed by atoms with van der Waals surface area (Å²) in [6.45, 7) is 16.7. The SMILES string of the molecule is C/C=c1/c(C)nnc(NCc2cccc(C#N)c2C)/c1=C/C(C)=C/CC.CCC1[B]C2(C)CCNC2C1. The van der Waals surface area contributed by atoms with Crippen LogP contribution in [0.15, 0.2) is 29.8 Å². The van der Waals surface area contributed by atoms with Gasteiger partial charge in [-0.2, -0.15) is 10.4 Å². The number of benzene rings is 1. The van der Waals surface area contributed by atoms with E-state index in [-0.39, 0.29) is 0 Å². The van der Waals surface area contributed by atoms with Crippen LogP contribution < -0.4 is 21.1 Å². The van der Waals surface area contributed by atoms with Crippen molar-refractivity contribution in [1.29, 1.82) is 5.26 Å². The fraction of sp³-hybridized carbons (Fsp3) is 0.516. The molecule has 37 heavy (non-hydrogen) atoms. The van der Waals surface area contributed by atoms with Gasteiger partial charge < -0.3 is 10.6 Å². The third kappa shape index (κ3) is 6.90. The summed E-state index contributed by atoms with van der Waals surface area (Å²) < 4.78 is 0. The molecule has 195 valence electrons. The van der Waals surface area contributed by atoms with E-state index < -0.39 is 0 Å². The molecular weight excluding hydrogens is 453 g/mol. The Morgan fingerprint density at radius 2 is 2.05 bits per heavy atom. The van der Waals surface area contributed by atoms with Crippen LogP contribution in [0.25, 0.3) is 12.2 Å². The number of rotatable bonds is 6. The van der Waals surface area contributed by atoms with Crippen molar-refractivity contribution in [3.8, 4) is 6.07 Å². The molecule has 1 aromatic carbocycles. The predicted octanol–water partition coefficient (Wildman–Crippen LogP) is 5.35. The molecule has 0 amide bonds. The number of hydrogen-bond acceptors (Lipinski definition) is 5. The minimum atomic E-state index is 0.542. The summed E-state index contributed by atoms with van der Waals surface area (Å²) in [5, 5.41) is 27.6. The first-order valence-electron chi connectivity index (χ1n) is 13.8. The zero-order valence-corrected chi connectivity index (χ0v) is 23.8. The van der Waals surface area contributed by atoms with Crippen LogP contribution in [-0.4, -0.2) is 30.1 Å². The summed E-state index contributed by atoms with van der Waals surface area (Å²) in [5.41, 5.74) is 4.90. The van der Waals surface area contributed by atoms with Gasteiger partial charge in [-0.15, -0.1) is 5.10 Å². The van der Waals surface area contributed by atoms with Gasteiger partial charge in [0.15, 0.2) is 5.82 Å². The van der Waals surface area contributed by atoms with Crippen LogP contribution in [0.1, 0.15) is 82.7 Å². The summed E-state index contributed by atoms with van der Waals surface area (Å²) in [6.07, 6.45) is 11.5. The van der Waals surface area contributed by atoms with Crippen LogP contribution in [0.4, 0.5) is 5.82 Å². The van der Waals surface area contributed by atoms with E-state index in [0.29, 0.717) is 17.4 Å². The number of aromatic nitrogens is 2. The molecule has 2 N–H and O–H groups in total. The van der Waals surface area contributed by atoms with Crippen LogP contribution in [0.5, 0.6) is 0 Å². The normalized spacial score (nSPS) is 23.7. The summed E-state index contributed by atoms with van der Waals surface area (Å²) in [5.74, 6) is 1.65. The predicted molar refractivity (Wildman–Crippen MR) is 157 cm³/mol. The molecule has 3 atom stereocenters. The molecule has 2 aliphatic rings. The summed E-state index contributed by atoms with van der Waals surface area (Å²) in [6, 6.07) is 8.82. The van der Waals surface area contributed by atoms with Crippen LogP contribution in [0.3, 0.4) is 0 Å². The van der Waals surface area contributed by atoms with Gasteiger partial charge in [-0.1, -0.05) is 62.9 Å². The molecule has 5 nitrogen and oxygen atoms in total. The fourth-order valence-electron chi connectivity index (χ4n) is 5.65. The van der Waals surface area contributed by atoms with E-state index in [1.165, 1.54) is 31.4 Å². The van der Waals surface area contributed by atoms with Crippen LogP contribution in [0.2, 0.25) is 11.1 Å². The summed E-state index contributed by atoms with van der Waals surface area (Å²) in [4.78, 5) is 0. The largest absolute Gasteiger partial charge is 0.364 e. The lowest BCUT2D eigenvalue weighted by Crippen LogP contribution is -2.33. The molecule has 2 aromatic rings. The van der Waals surface area contributed by atoms with Crippen LogP contribution >= 0.6 is 0 Å². The fourth-order valence-corrected chi connectivity index (χ4v) is 5.65. The van der Waals surface area contributed by atoms with Gasteiger partial charge in [0.1, 0.15) is 7.28 Å². The Morgan fingerprint density at radius 3 is 2.70 bits per heavy atom. The lowest BCUT2D eigenvalue weighted by molar-refractivity contribution is 0.500. The Balaban J connectivity index is 0.000000284. The molecule has 0 saturated carbocycles. The number of nitriles is 1. The van der Waals surface area contributed by atoms with E-state index in [1.807, 2.05) is 39.0 Å². The third-order valence-corrected chi connectivity index (χ3v) is 7.96. The quantitative estimate of drug-likeness (QED) is 0.528. The molecule has 2 saturated heterocycles. The van der Waals surface area contributed by atoms with E-state index >= 15 is 0 Å². The second-order valence-electron chi connectivity index (χ2n) is 10.6. The van der Waals surface area contributed by atoms with E-state index in [4.69, 9.17) is 0 Å². The third-order valence-electron chi connectivity index (χ3n) is 7.96. The molecule has 2 fully saturated rings. The van der Waals surface area contributed by atoms with E-state index in [0.717, 1.165) is 51.4 Å². The topological polar surface area (TPSA) is 73.6 Å². The Labute approximate surface area is 224 Å². The summed E-state index contributed by atoms with van der Waals surface area (Å²) in [7, 11) is 2.59. The number of allylic oxidation sites excluding steroid dienone is 2. The van der Waals surface area contributed by atoms with Crippen molar-refractivity contribution >= 4 is 25.2 Å². The first-order valence-corrected chi connectivity index (χ1v) is 13.8. The van der Waals surface area contributed by atoms with Crippen molar-refractivity contribution < 1.29 is 0 Å². The maximum absolute atomic E-state index is 9.21. The Bertz CT molecular complexity index is 1280. The van der Waals surface area contributed by atoms with Crippen molar-refractivity contribution in [2.45, 2.75) is 97.9 Å². The van der Waals surface area contributed by atoms with Crippen molar-refractivity contribution in [1.82, 2.24) is 15.5 Å². The Kier molecular flexibility index (Phi) is 10.1. The Hall–Kier alpha value is -2.91. The van der Waals surface area contributed by atoms with Gasteiger partial charge in [0, 0.05) is 23.0 Å². The van der Waals surface area contributed by atoms with Crippen molar-refractivity contribution in [3.63, 3.8) is 0 Å². The molecule has 2 aliphatic heterocycles. The molecule has 0 spiro atoms. The number of nitrogens with one attached hydrogen (secondary N) is 2. The van der Waals surface area contributed by atoms with Gasteiger partial charge in [-0.25, -0.2) is 0 Å². The van der Waals surface area contributed by atoms with Gasteiger partial charge in [-0.3, -0.25) is 0 Å². The van der Waals surface area contributed by atoms with Crippen LogP contribution in [-0.2, 0) is 6.54 Å². The molecule has 6 heteroatoms. The van der Waals surface area contributed by atoms with Crippen LogP contribution in [0, 0.1) is 25.2 Å². The van der Waals surface area contributed by atoms with Gasteiger partial charge in [0.25, 0.3) is 0 Å². The molecule has 4 rings (SSSR count). The first-order chi connectivity index (χ1) is 17.8. The monoisotopic (exact) mass is 496 g/mol. The number of hydrogen-bond donors (Lipinski definition) is 2. The van der Waals surface area contributed by atoms with Gasteiger partial charge in [0.2, 0.25) is 0 Å². The summed E-state index contributed by atoms with van der Waals surface area (Å²) >= 11 is 0. The molecule has 3 unspecified atom stereocenters. The average Bonchev–Trinajstić information content (AvgIpc) is 3.39. The number of aryl methyl sites for hydroxylation is 1. The number of fused-ring (bicyclic) bond motifs is 1. The van der Waals surface area contributed by atoms with Crippen molar-refractivity contribution in [2.75, 3.05) is 11.9 Å². The van der Waals surface area contributed by atoms with E-state index in [9.17, 15) is 5.26 Å². The zero-order valence-electron chi connectivity index (χ0n) is 23.8. The highest BCUT2D eigenvalue weighted by molar-refractivity contribution is 6.43. The highest BCUT2D eigenvalue weighted by Crippen LogP contribution is 2.50. The average molecular weight is 497 g/mol. The molecule has 1 radical (unpaired) electrons. The molecule has 3 heterocycles. The van der Waals surface area contributed by atoms with Gasteiger partial charge in [0.05, 0.1) is 17.3 Å². The second kappa shape index (κ2) is 13.1. The zero-order chi connectivity index (χ0) is 27.0. The van der Waals surface area contributed by atoms with E-state index in [2.05, 4.69) is 80.1 Å². The maximum Gasteiger partial charge on any atom is 0.156 e. The smallest absolute Gasteiger partial charge is 0.156 e. The standard InChI is InChI=1S/C22H26N4.C9H17BN/c1-6-9-15(3)12-21-20(7-2)17(5)25-26-22(21)24-14-19-11-8-10-18(13-23)16(19)4;1-3-7-6-8-9(2,10-7)4-5-11-8/h7-12H,6,14H2,1-5H3,(H,24,26);7-8,11H,3-6H2,1-2H3/b15-9+,20-7-,21-12+;. The molecule has 1 aromatic heterocycles. The lowest BCUT2D eigenvalue weighted by atomic mass is 9.50. The molecular formula is C31H43BN5. The minimum absolute atomic E-state index is 0.542. The first kappa shape index (κ1) is 28.7. The minimum Gasteiger partial charge on any atom is -0.364 e. The maximum atomic E-state index is 9.21. The van der Waals surface area contributed by atoms with Gasteiger partial charge >= 0.3 is 0 Å². The van der Waals surface area contributed by atoms with E-state index in [1.54, 1.807) is 0 Å². The lowest BCUT2D eigenvalue weighted by Gasteiger charge is -2.21. The Morgan fingerprint density at radius 1 is 1.27 bits per heavy atom.